The molecule has 10 nitrogen and oxygen atoms in total. The van der Waals surface area contributed by atoms with Gasteiger partial charge in [0.05, 0.1) is 37.1 Å². The SMILES string of the molecule is CCc1cc2[nH]c3c(c(=O)n2n1)CN(C[C@H]1CN(C(=O)OC(C)(C)C)CCO1)C3=O. The maximum absolute atomic E-state index is 12.9. The number of fused-ring (bicyclic) bond motifs is 2. The van der Waals surface area contributed by atoms with Crippen molar-refractivity contribution in [2.24, 2.45) is 0 Å². The van der Waals surface area contributed by atoms with Crippen LogP contribution in [0, 0.1) is 0 Å². The molecule has 4 heterocycles. The summed E-state index contributed by atoms with van der Waals surface area (Å²) in [5, 5.41) is 4.29. The molecule has 0 bridgehead atoms. The molecule has 0 aliphatic carbocycles. The van der Waals surface area contributed by atoms with Crippen LogP contribution in [0.3, 0.4) is 0 Å². The second-order valence-electron chi connectivity index (χ2n) is 8.67. The first-order valence-corrected chi connectivity index (χ1v) is 10.2. The first-order valence-electron chi connectivity index (χ1n) is 10.2. The second-order valence-corrected chi connectivity index (χ2v) is 8.67. The standard InChI is InChI=1S/C20H27N5O5/c1-5-12-8-15-21-16-14(17(26)25(15)22-12)11-24(18(16)27)10-13-9-23(6-7-29-13)19(28)30-20(2,3)4/h8,13,21H,5-7,9-11H2,1-4H3/t13-/m1/s1. The Balaban J connectivity index is 1.48. The molecular weight excluding hydrogens is 390 g/mol. The number of aromatic nitrogens is 3. The molecule has 2 aromatic rings. The van der Waals surface area contributed by atoms with Crippen LogP contribution in [0.5, 0.6) is 0 Å². The highest BCUT2D eigenvalue weighted by atomic mass is 16.6. The van der Waals surface area contributed by atoms with Gasteiger partial charge in [-0.05, 0) is 27.2 Å². The molecular formula is C20H27N5O5. The van der Waals surface area contributed by atoms with Gasteiger partial charge < -0.3 is 24.3 Å². The molecule has 0 saturated carbocycles. The van der Waals surface area contributed by atoms with Crippen LogP contribution < -0.4 is 5.56 Å². The number of ether oxygens (including phenoxy) is 2. The monoisotopic (exact) mass is 417 g/mol. The lowest BCUT2D eigenvalue weighted by molar-refractivity contribution is -0.0498. The fourth-order valence-electron chi connectivity index (χ4n) is 3.75. The Bertz CT molecular complexity index is 1050. The zero-order valence-corrected chi connectivity index (χ0v) is 17.7. The minimum atomic E-state index is -0.576. The third-order valence-corrected chi connectivity index (χ3v) is 5.19. The quantitative estimate of drug-likeness (QED) is 0.803. The Labute approximate surface area is 173 Å². The Hall–Kier alpha value is -2.88. The second kappa shape index (κ2) is 7.42. The van der Waals surface area contributed by atoms with Crippen molar-refractivity contribution in [3.8, 4) is 0 Å². The number of hydrogen-bond donors (Lipinski definition) is 1. The summed E-state index contributed by atoms with van der Waals surface area (Å²) in [6.07, 6.45) is -0.0438. The van der Waals surface area contributed by atoms with E-state index in [9.17, 15) is 14.4 Å². The van der Waals surface area contributed by atoms with Crippen molar-refractivity contribution in [1.82, 2.24) is 24.4 Å². The van der Waals surface area contributed by atoms with Crippen molar-refractivity contribution in [2.75, 3.05) is 26.2 Å². The van der Waals surface area contributed by atoms with Gasteiger partial charge in [-0.3, -0.25) is 9.59 Å². The number of aromatic amines is 1. The van der Waals surface area contributed by atoms with Crippen molar-refractivity contribution in [3.05, 3.63) is 33.4 Å². The smallest absolute Gasteiger partial charge is 0.410 e. The Morgan fingerprint density at radius 2 is 2.13 bits per heavy atom. The van der Waals surface area contributed by atoms with Gasteiger partial charge in [-0.2, -0.15) is 9.61 Å². The van der Waals surface area contributed by atoms with E-state index in [-0.39, 0.29) is 30.7 Å². The highest BCUT2D eigenvalue weighted by Crippen LogP contribution is 2.21. The Morgan fingerprint density at radius 1 is 1.37 bits per heavy atom. The maximum atomic E-state index is 12.9. The van der Waals surface area contributed by atoms with Crippen LogP contribution in [0.1, 0.15) is 49.4 Å². The molecule has 1 fully saturated rings. The molecule has 1 atom stereocenters. The lowest BCUT2D eigenvalue weighted by atomic mass is 10.2. The molecule has 1 N–H and O–H groups in total. The minimum Gasteiger partial charge on any atom is -0.444 e. The molecule has 2 aliphatic heterocycles. The zero-order valence-electron chi connectivity index (χ0n) is 17.7. The Morgan fingerprint density at radius 3 is 2.83 bits per heavy atom. The van der Waals surface area contributed by atoms with E-state index in [1.165, 1.54) is 4.52 Å². The van der Waals surface area contributed by atoms with Gasteiger partial charge in [0.1, 0.15) is 16.9 Å². The van der Waals surface area contributed by atoms with Gasteiger partial charge in [0.2, 0.25) is 0 Å². The molecule has 10 heteroatoms. The molecule has 0 radical (unpaired) electrons. The number of aryl methyl sites for hydroxylation is 1. The van der Waals surface area contributed by atoms with Gasteiger partial charge in [0.15, 0.2) is 0 Å². The van der Waals surface area contributed by atoms with E-state index in [2.05, 4.69) is 10.1 Å². The van der Waals surface area contributed by atoms with Crippen LogP contribution >= 0.6 is 0 Å². The number of H-pyrrole nitrogens is 1. The number of carbonyl (C=O) groups is 2. The Kier molecular flexibility index (Phi) is 5.05. The molecule has 0 aromatic carbocycles. The van der Waals surface area contributed by atoms with Crippen molar-refractivity contribution >= 4 is 17.6 Å². The van der Waals surface area contributed by atoms with Gasteiger partial charge in [-0.25, -0.2) is 4.79 Å². The summed E-state index contributed by atoms with van der Waals surface area (Å²) in [6, 6.07) is 1.78. The molecule has 162 valence electrons. The molecule has 4 rings (SSSR count). The van der Waals surface area contributed by atoms with E-state index in [1.54, 1.807) is 15.9 Å². The van der Waals surface area contributed by atoms with Crippen LogP contribution in [0.15, 0.2) is 10.9 Å². The van der Waals surface area contributed by atoms with Crippen molar-refractivity contribution in [3.63, 3.8) is 0 Å². The number of nitrogens with zero attached hydrogens (tertiary/aromatic N) is 4. The number of hydrogen-bond acceptors (Lipinski definition) is 6. The number of carbonyl (C=O) groups excluding carboxylic acids is 2. The van der Waals surface area contributed by atoms with Crippen molar-refractivity contribution in [2.45, 2.75) is 52.4 Å². The minimum absolute atomic E-state index is 0.188. The lowest BCUT2D eigenvalue weighted by Crippen LogP contribution is -2.50. The van der Waals surface area contributed by atoms with Gasteiger partial charge in [0, 0.05) is 19.2 Å². The fraction of sp³-hybridized carbons (Fsp3) is 0.600. The molecule has 0 spiro atoms. The van der Waals surface area contributed by atoms with Crippen molar-refractivity contribution < 1.29 is 19.1 Å². The first kappa shape index (κ1) is 20.4. The zero-order chi connectivity index (χ0) is 21.6. The summed E-state index contributed by atoms with van der Waals surface area (Å²) in [4.78, 5) is 44.3. The number of amides is 2. The van der Waals surface area contributed by atoms with E-state index in [0.29, 0.717) is 43.0 Å². The number of nitrogens with one attached hydrogen (secondary N) is 1. The van der Waals surface area contributed by atoms with Crippen molar-refractivity contribution in [1.29, 1.82) is 0 Å². The van der Waals surface area contributed by atoms with Gasteiger partial charge >= 0.3 is 6.09 Å². The normalized spacial score (nSPS) is 19.5. The van der Waals surface area contributed by atoms with Crippen LogP contribution in [0.4, 0.5) is 4.79 Å². The predicted octanol–water partition coefficient (Wildman–Crippen LogP) is 1.18. The summed E-state index contributed by atoms with van der Waals surface area (Å²) >= 11 is 0. The molecule has 2 amide bonds. The van der Waals surface area contributed by atoms with Crippen LogP contribution in [-0.4, -0.2) is 74.3 Å². The van der Waals surface area contributed by atoms with Crippen LogP contribution in [0.25, 0.3) is 5.65 Å². The number of rotatable bonds is 3. The molecule has 2 aliphatic rings. The summed E-state index contributed by atoms with van der Waals surface area (Å²) in [5.41, 5.74) is 1.14. The molecule has 2 aromatic heterocycles. The first-order chi connectivity index (χ1) is 14.2. The van der Waals surface area contributed by atoms with Gasteiger partial charge in [-0.1, -0.05) is 6.92 Å². The molecule has 30 heavy (non-hydrogen) atoms. The highest BCUT2D eigenvalue weighted by molar-refractivity contribution is 5.96. The lowest BCUT2D eigenvalue weighted by Gasteiger charge is -2.35. The van der Waals surface area contributed by atoms with E-state index in [1.807, 2.05) is 27.7 Å². The largest absolute Gasteiger partial charge is 0.444 e. The third-order valence-electron chi connectivity index (χ3n) is 5.19. The average Bonchev–Trinajstić information content (AvgIpc) is 3.23. The van der Waals surface area contributed by atoms with E-state index in [0.717, 1.165) is 5.69 Å². The average molecular weight is 417 g/mol. The predicted molar refractivity (Wildman–Crippen MR) is 107 cm³/mol. The van der Waals surface area contributed by atoms with E-state index >= 15 is 0 Å². The molecule has 0 unspecified atom stereocenters. The fourth-order valence-corrected chi connectivity index (χ4v) is 3.75. The molecule has 1 saturated heterocycles. The van der Waals surface area contributed by atoms with Gasteiger partial charge in [-0.15, -0.1) is 0 Å². The van der Waals surface area contributed by atoms with E-state index < -0.39 is 11.7 Å². The maximum Gasteiger partial charge on any atom is 0.410 e. The van der Waals surface area contributed by atoms with E-state index in [4.69, 9.17) is 9.47 Å². The third kappa shape index (κ3) is 3.79. The topological polar surface area (TPSA) is 109 Å². The van der Waals surface area contributed by atoms with Crippen LogP contribution in [-0.2, 0) is 22.4 Å². The van der Waals surface area contributed by atoms with Crippen LogP contribution in [0.2, 0.25) is 0 Å². The highest BCUT2D eigenvalue weighted by Gasteiger charge is 2.35. The number of morpholine rings is 1. The summed E-state index contributed by atoms with van der Waals surface area (Å²) in [6.45, 7) is 9.01. The summed E-state index contributed by atoms with van der Waals surface area (Å²) in [5.74, 6) is -0.248. The summed E-state index contributed by atoms with van der Waals surface area (Å²) in [7, 11) is 0. The summed E-state index contributed by atoms with van der Waals surface area (Å²) < 4.78 is 12.5. The van der Waals surface area contributed by atoms with Gasteiger partial charge in [0.25, 0.3) is 11.5 Å².